The van der Waals surface area contributed by atoms with Crippen LogP contribution in [-0.4, -0.2) is 42.3 Å². The number of likely N-dealkylation sites (N-methyl/N-ethyl adjacent to an activating group) is 1. The van der Waals surface area contributed by atoms with E-state index in [1.54, 1.807) is 0 Å². The van der Waals surface area contributed by atoms with Gasteiger partial charge in [0.1, 0.15) is 0 Å². The molecular weight excluding hydrogens is 224 g/mol. The van der Waals surface area contributed by atoms with E-state index in [4.69, 9.17) is 0 Å². The van der Waals surface area contributed by atoms with Gasteiger partial charge in [0.25, 0.3) is 0 Å². The highest BCUT2D eigenvalue weighted by Crippen LogP contribution is 2.47. The number of nitrogens with zero attached hydrogens (tertiary/aromatic N) is 1. The van der Waals surface area contributed by atoms with Crippen LogP contribution in [0.25, 0.3) is 5.57 Å². The molecule has 3 nitrogen and oxygen atoms in total. The van der Waals surface area contributed by atoms with Crippen LogP contribution >= 0.6 is 0 Å². The molecule has 0 amide bonds. The van der Waals surface area contributed by atoms with Crippen molar-refractivity contribution in [3.8, 4) is 0 Å². The maximum absolute atomic E-state index is 9.96. The molecule has 1 aromatic rings. The summed E-state index contributed by atoms with van der Waals surface area (Å²) in [6.45, 7) is 1.82. The molecule has 2 N–H and O–H groups in total. The third-order valence-electron chi connectivity index (χ3n) is 4.61. The number of β-amino-alcohol motifs (C(OH)–C–C–N with tert-alkyl or cyclic N) is 1. The molecule has 0 bridgehead atoms. The zero-order valence-electron chi connectivity index (χ0n) is 10.6. The first-order valence-corrected chi connectivity index (χ1v) is 6.71. The summed E-state index contributed by atoms with van der Waals surface area (Å²) >= 11 is 0. The molecule has 2 aliphatic heterocycles. The summed E-state index contributed by atoms with van der Waals surface area (Å²) in [6, 6.07) is 6.97. The second kappa shape index (κ2) is 3.59. The Balaban J connectivity index is 1.92. The van der Waals surface area contributed by atoms with Crippen molar-refractivity contribution in [1.29, 1.82) is 0 Å². The molecule has 0 fully saturated rings. The van der Waals surface area contributed by atoms with Crippen LogP contribution in [0.4, 0.5) is 5.69 Å². The van der Waals surface area contributed by atoms with Crippen molar-refractivity contribution in [2.24, 2.45) is 0 Å². The number of fused-ring (bicyclic) bond motifs is 2. The standard InChI is InChI=1S/C15H18N2O/c1-17-8-10(18)6-12-11-3-2-4-13-15(11)9(7-16-13)5-14(12)17/h2-4,6,9-10,14,16,18H,5,7-8H2,1H3. The third-order valence-corrected chi connectivity index (χ3v) is 4.61. The number of aliphatic hydroxyl groups excluding tert-OH is 1. The SMILES string of the molecule is CN1CC(O)C=C2c3cccc4c3C(CN4)CC21. The Morgan fingerprint density at radius 1 is 1.39 bits per heavy atom. The van der Waals surface area contributed by atoms with Crippen LogP contribution < -0.4 is 5.32 Å². The summed E-state index contributed by atoms with van der Waals surface area (Å²) in [7, 11) is 2.12. The number of anilines is 1. The Morgan fingerprint density at radius 3 is 3.17 bits per heavy atom. The highest BCUT2D eigenvalue weighted by molar-refractivity contribution is 5.81. The van der Waals surface area contributed by atoms with Crippen molar-refractivity contribution >= 4 is 11.3 Å². The van der Waals surface area contributed by atoms with Crippen LogP contribution in [0.1, 0.15) is 23.5 Å². The molecule has 3 heteroatoms. The molecule has 0 saturated heterocycles. The quantitative estimate of drug-likeness (QED) is 0.726. The van der Waals surface area contributed by atoms with Gasteiger partial charge in [-0.1, -0.05) is 12.1 Å². The summed E-state index contributed by atoms with van der Waals surface area (Å²) in [6.07, 6.45) is 2.91. The molecule has 1 aromatic carbocycles. The van der Waals surface area contributed by atoms with Crippen molar-refractivity contribution < 1.29 is 5.11 Å². The molecule has 1 aliphatic carbocycles. The second-order valence-corrected chi connectivity index (χ2v) is 5.73. The van der Waals surface area contributed by atoms with Crippen LogP contribution in [-0.2, 0) is 0 Å². The van der Waals surface area contributed by atoms with Gasteiger partial charge in [0.05, 0.1) is 6.10 Å². The molecule has 0 saturated carbocycles. The molecule has 0 spiro atoms. The Labute approximate surface area is 107 Å². The average molecular weight is 242 g/mol. The lowest BCUT2D eigenvalue weighted by Gasteiger charge is -2.41. The van der Waals surface area contributed by atoms with Gasteiger partial charge in [-0.25, -0.2) is 0 Å². The number of nitrogens with one attached hydrogen (secondary N) is 1. The second-order valence-electron chi connectivity index (χ2n) is 5.73. The summed E-state index contributed by atoms with van der Waals surface area (Å²) < 4.78 is 0. The van der Waals surface area contributed by atoms with Crippen molar-refractivity contribution in [3.63, 3.8) is 0 Å². The van der Waals surface area contributed by atoms with Gasteiger partial charge in [0.15, 0.2) is 0 Å². The van der Waals surface area contributed by atoms with Gasteiger partial charge in [-0.3, -0.25) is 4.90 Å². The molecule has 2 heterocycles. The van der Waals surface area contributed by atoms with E-state index < -0.39 is 0 Å². The number of hydrogen-bond acceptors (Lipinski definition) is 3. The molecule has 3 unspecified atom stereocenters. The minimum absolute atomic E-state index is 0.331. The fraction of sp³-hybridized carbons (Fsp3) is 0.467. The molecule has 4 rings (SSSR count). The Bertz CT molecular complexity index is 537. The normalized spacial score (nSPS) is 33.4. The predicted octanol–water partition coefficient (Wildman–Crippen LogP) is 1.66. The van der Waals surface area contributed by atoms with Crippen molar-refractivity contribution in [1.82, 2.24) is 4.90 Å². The predicted molar refractivity (Wildman–Crippen MR) is 72.7 cm³/mol. The molecular formula is C15H18N2O. The lowest BCUT2D eigenvalue weighted by molar-refractivity contribution is 0.133. The van der Waals surface area contributed by atoms with E-state index in [2.05, 4.69) is 41.5 Å². The Hall–Kier alpha value is -1.32. The largest absolute Gasteiger partial charge is 0.388 e. The van der Waals surface area contributed by atoms with E-state index in [0.29, 0.717) is 12.0 Å². The first-order chi connectivity index (χ1) is 8.74. The zero-order valence-corrected chi connectivity index (χ0v) is 10.6. The van der Waals surface area contributed by atoms with E-state index in [0.717, 1.165) is 13.1 Å². The lowest BCUT2D eigenvalue weighted by Crippen LogP contribution is -2.44. The van der Waals surface area contributed by atoms with E-state index in [1.807, 2.05) is 0 Å². The fourth-order valence-corrected chi connectivity index (χ4v) is 3.82. The summed E-state index contributed by atoms with van der Waals surface area (Å²) in [5, 5.41) is 13.5. The molecule has 18 heavy (non-hydrogen) atoms. The van der Waals surface area contributed by atoms with Crippen molar-refractivity contribution in [3.05, 3.63) is 35.4 Å². The molecule has 3 aliphatic rings. The third kappa shape index (κ3) is 1.32. The van der Waals surface area contributed by atoms with Crippen LogP contribution in [0.15, 0.2) is 24.3 Å². The van der Waals surface area contributed by atoms with E-state index in [9.17, 15) is 5.11 Å². The Morgan fingerprint density at radius 2 is 2.28 bits per heavy atom. The summed E-state index contributed by atoms with van der Waals surface area (Å²) in [4.78, 5) is 2.30. The molecule has 0 radical (unpaired) electrons. The topological polar surface area (TPSA) is 35.5 Å². The highest BCUT2D eigenvalue weighted by Gasteiger charge is 2.39. The number of aliphatic hydroxyl groups is 1. The van der Waals surface area contributed by atoms with Gasteiger partial charge in [0.2, 0.25) is 0 Å². The van der Waals surface area contributed by atoms with Gasteiger partial charge in [-0.05, 0) is 42.3 Å². The zero-order chi connectivity index (χ0) is 12.3. The van der Waals surface area contributed by atoms with Gasteiger partial charge in [0, 0.05) is 30.7 Å². The van der Waals surface area contributed by atoms with Gasteiger partial charge in [-0.2, -0.15) is 0 Å². The molecule has 94 valence electrons. The number of hydrogen-bond donors (Lipinski definition) is 2. The summed E-state index contributed by atoms with van der Waals surface area (Å²) in [5.74, 6) is 0.635. The van der Waals surface area contributed by atoms with Crippen LogP contribution in [0.3, 0.4) is 0 Å². The lowest BCUT2D eigenvalue weighted by atomic mass is 9.75. The molecule has 0 aromatic heterocycles. The highest BCUT2D eigenvalue weighted by atomic mass is 16.3. The van der Waals surface area contributed by atoms with Crippen LogP contribution in [0.2, 0.25) is 0 Å². The maximum Gasteiger partial charge on any atom is 0.0854 e. The smallest absolute Gasteiger partial charge is 0.0854 e. The van der Waals surface area contributed by atoms with E-state index >= 15 is 0 Å². The average Bonchev–Trinajstić information content (AvgIpc) is 2.76. The maximum atomic E-state index is 9.96. The number of rotatable bonds is 0. The first-order valence-electron chi connectivity index (χ1n) is 6.71. The monoisotopic (exact) mass is 242 g/mol. The van der Waals surface area contributed by atoms with Gasteiger partial charge in [-0.15, -0.1) is 0 Å². The summed E-state index contributed by atoms with van der Waals surface area (Å²) in [5.41, 5.74) is 5.44. The number of benzene rings is 1. The van der Waals surface area contributed by atoms with E-state index in [1.165, 1.54) is 28.8 Å². The Kier molecular flexibility index (Phi) is 2.11. The van der Waals surface area contributed by atoms with Crippen LogP contribution in [0, 0.1) is 0 Å². The molecule has 3 atom stereocenters. The fourth-order valence-electron chi connectivity index (χ4n) is 3.82. The van der Waals surface area contributed by atoms with Crippen molar-refractivity contribution in [2.45, 2.75) is 24.5 Å². The van der Waals surface area contributed by atoms with Crippen LogP contribution in [0.5, 0.6) is 0 Å². The van der Waals surface area contributed by atoms with Gasteiger partial charge < -0.3 is 10.4 Å². The van der Waals surface area contributed by atoms with Crippen molar-refractivity contribution in [2.75, 3.05) is 25.5 Å². The minimum Gasteiger partial charge on any atom is -0.388 e. The minimum atomic E-state index is -0.331. The first kappa shape index (κ1) is 10.6. The van der Waals surface area contributed by atoms with E-state index in [-0.39, 0.29) is 6.10 Å². The van der Waals surface area contributed by atoms with Gasteiger partial charge >= 0.3 is 0 Å².